The Morgan fingerprint density at radius 2 is 2.00 bits per heavy atom. The third-order valence-corrected chi connectivity index (χ3v) is 6.21. The second-order valence-corrected chi connectivity index (χ2v) is 9.10. The molecule has 1 aromatic heterocycles. The number of benzene rings is 2. The monoisotopic (exact) mass is 443 g/mol. The van der Waals surface area contributed by atoms with Crippen molar-refractivity contribution in [2.75, 3.05) is 17.2 Å². The zero-order valence-electron chi connectivity index (χ0n) is 17.2. The van der Waals surface area contributed by atoms with E-state index in [1.54, 1.807) is 0 Å². The molecule has 1 atom stereocenters. The first-order valence-corrected chi connectivity index (χ1v) is 11.6. The van der Waals surface area contributed by atoms with Gasteiger partial charge in [0.05, 0.1) is 22.1 Å². The average Bonchev–Trinajstić information content (AvgIpc) is 3.10. The zero-order chi connectivity index (χ0) is 21.5. The molecule has 0 saturated carbocycles. The number of rotatable bonds is 9. The predicted octanol–water partition coefficient (Wildman–Crippen LogP) is 5.55. The van der Waals surface area contributed by atoms with E-state index in [2.05, 4.69) is 15.6 Å². The number of thiazole rings is 1. The molecule has 6 nitrogen and oxygen atoms in total. The third kappa shape index (κ3) is 5.96. The first kappa shape index (κ1) is 22.1. The van der Waals surface area contributed by atoms with Crippen LogP contribution in [0.4, 0.5) is 10.8 Å². The van der Waals surface area contributed by atoms with Crippen LogP contribution < -0.4 is 15.4 Å². The van der Waals surface area contributed by atoms with Crippen molar-refractivity contribution in [3.05, 3.63) is 42.5 Å². The van der Waals surface area contributed by atoms with E-state index in [0.29, 0.717) is 18.2 Å². The standard InChI is InChI=1S/C22H25N3O3S2/c1-4-7-20(26)23-15-8-6-9-17(12-15)29-14(3)21(27)25-22-24-18-11-10-16(28-5-2)13-19(18)30-22/h6,8-14H,4-5,7H2,1-3H3,(H,23,26)(H,24,25,27). The molecule has 2 aromatic carbocycles. The molecule has 2 N–H and O–H groups in total. The molecule has 0 fully saturated rings. The molecule has 158 valence electrons. The van der Waals surface area contributed by atoms with Gasteiger partial charge in [0.15, 0.2) is 5.13 Å². The molecule has 0 aliphatic carbocycles. The van der Waals surface area contributed by atoms with Crippen molar-refractivity contribution in [2.24, 2.45) is 0 Å². The average molecular weight is 444 g/mol. The van der Waals surface area contributed by atoms with E-state index in [0.717, 1.165) is 33.0 Å². The van der Waals surface area contributed by atoms with E-state index in [9.17, 15) is 9.59 Å². The van der Waals surface area contributed by atoms with Crippen molar-refractivity contribution in [2.45, 2.75) is 43.8 Å². The minimum Gasteiger partial charge on any atom is -0.494 e. The van der Waals surface area contributed by atoms with Crippen molar-refractivity contribution in [3.8, 4) is 5.75 Å². The summed E-state index contributed by atoms with van der Waals surface area (Å²) in [6.45, 7) is 6.36. The lowest BCUT2D eigenvalue weighted by atomic mass is 10.3. The highest BCUT2D eigenvalue weighted by Crippen LogP contribution is 2.31. The zero-order valence-corrected chi connectivity index (χ0v) is 18.9. The van der Waals surface area contributed by atoms with Gasteiger partial charge in [-0.2, -0.15) is 0 Å². The molecule has 0 spiro atoms. The third-order valence-electron chi connectivity index (χ3n) is 4.18. The molecule has 30 heavy (non-hydrogen) atoms. The summed E-state index contributed by atoms with van der Waals surface area (Å²) in [7, 11) is 0. The Balaban J connectivity index is 1.62. The van der Waals surface area contributed by atoms with Gasteiger partial charge in [-0.15, -0.1) is 11.8 Å². The van der Waals surface area contributed by atoms with Gasteiger partial charge >= 0.3 is 0 Å². The summed E-state index contributed by atoms with van der Waals surface area (Å²) >= 11 is 2.86. The van der Waals surface area contributed by atoms with E-state index in [4.69, 9.17) is 4.74 Å². The van der Waals surface area contributed by atoms with Crippen LogP contribution in [-0.4, -0.2) is 28.7 Å². The summed E-state index contributed by atoms with van der Waals surface area (Å²) in [6.07, 6.45) is 1.29. The minimum absolute atomic E-state index is 0.00577. The Kier molecular flexibility index (Phi) is 7.70. The molecular formula is C22H25N3O3S2. The summed E-state index contributed by atoms with van der Waals surface area (Å²) < 4.78 is 6.48. The number of hydrogen-bond acceptors (Lipinski definition) is 6. The van der Waals surface area contributed by atoms with E-state index in [1.165, 1.54) is 23.1 Å². The fourth-order valence-electron chi connectivity index (χ4n) is 2.78. The number of fused-ring (bicyclic) bond motifs is 1. The number of anilines is 2. The van der Waals surface area contributed by atoms with Crippen molar-refractivity contribution >= 4 is 55.9 Å². The Bertz CT molecular complexity index is 1040. The van der Waals surface area contributed by atoms with Crippen molar-refractivity contribution in [1.82, 2.24) is 4.98 Å². The fraction of sp³-hybridized carbons (Fsp3) is 0.318. The van der Waals surface area contributed by atoms with Crippen LogP contribution in [0.1, 0.15) is 33.6 Å². The van der Waals surface area contributed by atoms with Gasteiger partial charge < -0.3 is 15.4 Å². The number of nitrogens with zero attached hydrogens (tertiary/aromatic N) is 1. The van der Waals surface area contributed by atoms with Gasteiger partial charge in [-0.25, -0.2) is 4.98 Å². The molecule has 0 aliphatic heterocycles. The molecule has 0 saturated heterocycles. The molecule has 0 radical (unpaired) electrons. The highest BCUT2D eigenvalue weighted by atomic mass is 32.2. The van der Waals surface area contributed by atoms with Crippen molar-refractivity contribution in [1.29, 1.82) is 0 Å². The number of hydrogen-bond donors (Lipinski definition) is 2. The Morgan fingerprint density at radius 1 is 1.17 bits per heavy atom. The van der Waals surface area contributed by atoms with Crippen LogP contribution in [0, 0.1) is 0 Å². The first-order valence-electron chi connectivity index (χ1n) is 9.89. The lowest BCUT2D eigenvalue weighted by Crippen LogP contribution is -2.22. The van der Waals surface area contributed by atoms with Crippen LogP contribution in [0.25, 0.3) is 10.2 Å². The second kappa shape index (κ2) is 10.4. The Hall–Kier alpha value is -2.58. The summed E-state index contributed by atoms with van der Waals surface area (Å²) in [6, 6.07) is 13.2. The summed E-state index contributed by atoms with van der Waals surface area (Å²) in [4.78, 5) is 29.8. The lowest BCUT2D eigenvalue weighted by molar-refractivity contribution is -0.116. The number of nitrogens with one attached hydrogen (secondary N) is 2. The van der Waals surface area contributed by atoms with Gasteiger partial charge in [0.25, 0.3) is 0 Å². The van der Waals surface area contributed by atoms with Crippen LogP contribution in [0.5, 0.6) is 5.75 Å². The number of carbonyl (C=O) groups excluding carboxylic acids is 2. The maximum atomic E-state index is 12.7. The van der Waals surface area contributed by atoms with Gasteiger partial charge in [0.1, 0.15) is 5.75 Å². The maximum Gasteiger partial charge on any atom is 0.239 e. The Labute approximate surface area is 184 Å². The van der Waals surface area contributed by atoms with Crippen LogP contribution in [-0.2, 0) is 9.59 Å². The fourth-order valence-corrected chi connectivity index (χ4v) is 4.60. The molecule has 0 aliphatic rings. The summed E-state index contributed by atoms with van der Waals surface area (Å²) in [5.41, 5.74) is 1.57. The van der Waals surface area contributed by atoms with E-state index >= 15 is 0 Å². The normalized spacial score (nSPS) is 11.8. The number of amides is 2. The lowest BCUT2D eigenvalue weighted by Gasteiger charge is -2.12. The number of aromatic nitrogens is 1. The second-order valence-electron chi connectivity index (χ2n) is 6.66. The van der Waals surface area contributed by atoms with E-state index < -0.39 is 0 Å². The highest BCUT2D eigenvalue weighted by molar-refractivity contribution is 8.00. The smallest absolute Gasteiger partial charge is 0.239 e. The SMILES string of the molecule is CCCC(=O)Nc1cccc(SC(C)C(=O)Nc2nc3ccc(OCC)cc3s2)c1. The molecule has 0 bridgehead atoms. The van der Waals surface area contributed by atoms with Gasteiger partial charge in [-0.05, 0) is 56.7 Å². The van der Waals surface area contributed by atoms with Crippen molar-refractivity contribution in [3.63, 3.8) is 0 Å². The largest absolute Gasteiger partial charge is 0.494 e. The summed E-state index contributed by atoms with van der Waals surface area (Å²) in [5.74, 6) is 0.666. The minimum atomic E-state index is -0.322. The van der Waals surface area contributed by atoms with Crippen LogP contribution in [0.2, 0.25) is 0 Å². The number of carbonyl (C=O) groups is 2. The predicted molar refractivity (Wildman–Crippen MR) is 125 cm³/mol. The molecule has 3 aromatic rings. The highest BCUT2D eigenvalue weighted by Gasteiger charge is 2.17. The van der Waals surface area contributed by atoms with Gasteiger partial charge in [-0.3, -0.25) is 9.59 Å². The topological polar surface area (TPSA) is 80.3 Å². The molecule has 2 amide bonds. The van der Waals surface area contributed by atoms with Crippen molar-refractivity contribution < 1.29 is 14.3 Å². The molecule has 1 unspecified atom stereocenters. The van der Waals surface area contributed by atoms with Gasteiger partial charge in [0.2, 0.25) is 11.8 Å². The Morgan fingerprint density at radius 3 is 2.77 bits per heavy atom. The van der Waals surface area contributed by atoms with Gasteiger partial charge in [-0.1, -0.05) is 24.3 Å². The van der Waals surface area contributed by atoms with Gasteiger partial charge in [0, 0.05) is 17.0 Å². The van der Waals surface area contributed by atoms with E-state index in [-0.39, 0.29) is 17.1 Å². The van der Waals surface area contributed by atoms with Crippen LogP contribution >= 0.6 is 23.1 Å². The molecule has 3 rings (SSSR count). The number of thioether (sulfide) groups is 1. The number of ether oxygens (including phenoxy) is 1. The molecular weight excluding hydrogens is 418 g/mol. The maximum absolute atomic E-state index is 12.7. The van der Waals surface area contributed by atoms with Crippen LogP contribution in [0.3, 0.4) is 0 Å². The van der Waals surface area contributed by atoms with E-state index in [1.807, 2.05) is 63.2 Å². The summed E-state index contributed by atoms with van der Waals surface area (Å²) in [5, 5.41) is 6.03. The molecule has 8 heteroatoms. The quantitative estimate of drug-likeness (QED) is 0.424. The van der Waals surface area contributed by atoms with Crippen LogP contribution in [0.15, 0.2) is 47.4 Å². The molecule has 1 heterocycles. The first-order chi connectivity index (χ1) is 14.5.